The highest BCUT2D eigenvalue weighted by atomic mass is 16.7. The molecule has 6 atom stereocenters. The molecule has 0 aromatic heterocycles. The number of hydrogen-bond acceptors (Lipinski definition) is 7. The third kappa shape index (κ3) is 9.21. The fourth-order valence-electron chi connectivity index (χ4n) is 6.24. The molecular weight excluding hydrogens is 642 g/mol. The summed E-state index contributed by atoms with van der Waals surface area (Å²) in [6.07, 6.45) is -1.95. The molecule has 1 aliphatic heterocycles. The van der Waals surface area contributed by atoms with Crippen LogP contribution in [0.4, 0.5) is 16.2 Å². The fraction of sp³-hybridized carbons (Fsp3) is 0.262. The zero-order valence-corrected chi connectivity index (χ0v) is 29.1. The van der Waals surface area contributed by atoms with E-state index in [9.17, 15) is 15.0 Å². The number of aliphatic hydroxyl groups excluding tert-OH is 2. The Morgan fingerprint density at radius 2 is 1.43 bits per heavy atom. The predicted octanol–water partition coefficient (Wildman–Crippen LogP) is 8.46. The minimum atomic E-state index is -0.724. The van der Waals surface area contributed by atoms with Crippen LogP contribution in [-0.2, 0) is 16.1 Å². The van der Waals surface area contributed by atoms with Crippen LogP contribution in [0.1, 0.15) is 54.6 Å². The molecule has 5 aromatic carbocycles. The van der Waals surface area contributed by atoms with Crippen molar-refractivity contribution in [1.82, 2.24) is 4.90 Å². The quantitative estimate of drug-likeness (QED) is 0.104. The van der Waals surface area contributed by atoms with Gasteiger partial charge in [0.05, 0.1) is 24.9 Å². The van der Waals surface area contributed by atoms with Crippen LogP contribution in [0.5, 0.6) is 11.5 Å². The Bertz CT molecular complexity index is 1840. The van der Waals surface area contributed by atoms with Crippen LogP contribution in [-0.4, -0.2) is 46.9 Å². The Morgan fingerprint density at radius 3 is 2.12 bits per heavy atom. The van der Waals surface area contributed by atoms with Gasteiger partial charge in [0.1, 0.15) is 11.5 Å². The Morgan fingerprint density at radius 1 is 0.784 bits per heavy atom. The average Bonchev–Trinajstić information content (AvgIpc) is 3.16. The van der Waals surface area contributed by atoms with Crippen molar-refractivity contribution in [1.29, 1.82) is 0 Å². The zero-order chi connectivity index (χ0) is 35.7. The van der Waals surface area contributed by atoms with E-state index in [2.05, 4.69) is 22.5 Å². The summed E-state index contributed by atoms with van der Waals surface area (Å²) in [5, 5.41) is 26.6. The molecule has 9 heteroatoms. The molecule has 4 N–H and O–H groups in total. The maximum absolute atomic E-state index is 13.0. The molecule has 2 amide bonds. The number of rotatable bonds is 12. The molecule has 51 heavy (non-hydrogen) atoms. The number of amides is 2. The minimum absolute atomic E-state index is 0.0382. The first-order chi connectivity index (χ1) is 24.8. The summed E-state index contributed by atoms with van der Waals surface area (Å²) in [6, 6.07) is 41.0. The number of carbonyl (C=O) groups excluding carboxylic acids is 1. The number of hydrogen-bond donors (Lipinski definition) is 4. The normalized spacial score (nSPS) is 20.0. The van der Waals surface area contributed by atoms with E-state index in [1.54, 1.807) is 24.3 Å². The molecule has 1 heterocycles. The molecular formula is C42H45N3O6. The lowest BCUT2D eigenvalue weighted by molar-refractivity contribution is -0.276. The first kappa shape index (κ1) is 35.8. The minimum Gasteiger partial charge on any atom is -0.457 e. The number of urea groups is 1. The van der Waals surface area contributed by atoms with Crippen LogP contribution >= 0.6 is 0 Å². The van der Waals surface area contributed by atoms with Crippen molar-refractivity contribution >= 4 is 17.4 Å². The summed E-state index contributed by atoms with van der Waals surface area (Å²) >= 11 is 0. The van der Waals surface area contributed by atoms with Gasteiger partial charge in [-0.05, 0) is 79.2 Å². The molecule has 9 nitrogen and oxygen atoms in total. The zero-order valence-electron chi connectivity index (χ0n) is 29.1. The molecule has 264 valence electrons. The average molecular weight is 688 g/mol. The van der Waals surface area contributed by atoms with Crippen molar-refractivity contribution in [3.63, 3.8) is 0 Å². The number of benzene rings is 5. The van der Waals surface area contributed by atoms with Gasteiger partial charge in [0.25, 0.3) is 0 Å². The van der Waals surface area contributed by atoms with Crippen molar-refractivity contribution in [2.45, 2.75) is 51.1 Å². The number of anilines is 2. The number of ether oxygens (including phenoxy) is 3. The van der Waals surface area contributed by atoms with Crippen LogP contribution in [0.3, 0.4) is 0 Å². The maximum atomic E-state index is 13.0. The molecule has 5 aromatic rings. The lowest BCUT2D eigenvalue weighted by Gasteiger charge is -2.43. The van der Waals surface area contributed by atoms with Gasteiger partial charge >= 0.3 is 6.03 Å². The second-order valence-corrected chi connectivity index (χ2v) is 13.0. The number of likely N-dealkylation sites (N-methyl/N-ethyl adjacent to an activating group) is 1. The smallest absolute Gasteiger partial charge is 0.323 e. The first-order valence-electron chi connectivity index (χ1n) is 17.2. The Labute approximate surface area is 299 Å². The summed E-state index contributed by atoms with van der Waals surface area (Å²) in [5.74, 6) is 1.36. The molecule has 1 saturated heterocycles. The van der Waals surface area contributed by atoms with E-state index in [-0.39, 0.29) is 30.8 Å². The van der Waals surface area contributed by atoms with Gasteiger partial charge in [-0.3, -0.25) is 4.90 Å². The van der Waals surface area contributed by atoms with Crippen molar-refractivity contribution in [2.24, 2.45) is 5.92 Å². The SMILES string of the molecule is C[C@H]1[C@@H](CN(C)[C@H](C)[C@@H](O)c2ccccc2)O[C@@H](c2cccc(NC(=O)Nc3ccc(Oc4ccccc4)cc3)c2)O[C@H]1c1ccc(CO)cc1. The molecule has 6 rings (SSSR count). The van der Waals surface area contributed by atoms with Crippen LogP contribution < -0.4 is 15.4 Å². The van der Waals surface area contributed by atoms with Crippen LogP contribution in [0.25, 0.3) is 0 Å². The van der Waals surface area contributed by atoms with E-state index >= 15 is 0 Å². The van der Waals surface area contributed by atoms with Gasteiger partial charge in [0.15, 0.2) is 6.29 Å². The van der Waals surface area contributed by atoms with E-state index in [1.165, 1.54) is 0 Å². The number of para-hydroxylation sites is 1. The summed E-state index contributed by atoms with van der Waals surface area (Å²) in [6.45, 7) is 4.63. The third-order valence-electron chi connectivity index (χ3n) is 9.39. The molecule has 0 saturated carbocycles. The topological polar surface area (TPSA) is 113 Å². The number of nitrogens with zero attached hydrogens (tertiary/aromatic N) is 1. The van der Waals surface area contributed by atoms with Crippen molar-refractivity contribution < 1.29 is 29.2 Å². The summed E-state index contributed by atoms with van der Waals surface area (Å²) in [7, 11) is 2.00. The lowest BCUT2D eigenvalue weighted by atomic mass is 9.89. The van der Waals surface area contributed by atoms with Crippen molar-refractivity contribution in [2.75, 3.05) is 24.2 Å². The molecule has 1 fully saturated rings. The Balaban J connectivity index is 1.15. The first-order valence-corrected chi connectivity index (χ1v) is 17.2. The monoisotopic (exact) mass is 687 g/mol. The summed E-state index contributed by atoms with van der Waals surface area (Å²) < 4.78 is 19.2. The molecule has 0 radical (unpaired) electrons. The van der Waals surface area contributed by atoms with Gasteiger partial charge in [0.2, 0.25) is 0 Å². The highest BCUT2D eigenvalue weighted by molar-refractivity contribution is 5.99. The number of nitrogens with one attached hydrogen (secondary N) is 2. The lowest BCUT2D eigenvalue weighted by Crippen LogP contribution is -2.46. The fourth-order valence-corrected chi connectivity index (χ4v) is 6.24. The summed E-state index contributed by atoms with van der Waals surface area (Å²) in [5.41, 5.74) is 4.61. The molecule has 0 spiro atoms. The predicted molar refractivity (Wildman–Crippen MR) is 199 cm³/mol. The highest BCUT2D eigenvalue weighted by Gasteiger charge is 2.39. The van der Waals surface area contributed by atoms with E-state index in [0.717, 1.165) is 28.0 Å². The second kappa shape index (κ2) is 16.8. The Kier molecular flexibility index (Phi) is 11.8. The Hall–Kier alpha value is -5.03. The van der Waals surface area contributed by atoms with E-state index in [4.69, 9.17) is 14.2 Å². The van der Waals surface area contributed by atoms with Crippen LogP contribution in [0, 0.1) is 5.92 Å². The van der Waals surface area contributed by atoms with Gasteiger partial charge in [-0.2, -0.15) is 0 Å². The maximum Gasteiger partial charge on any atom is 0.323 e. The third-order valence-corrected chi connectivity index (χ3v) is 9.39. The largest absolute Gasteiger partial charge is 0.457 e. The molecule has 0 unspecified atom stereocenters. The van der Waals surface area contributed by atoms with Gasteiger partial charge in [-0.25, -0.2) is 4.79 Å². The standard InChI is InChI=1S/C42H45N3O6/c1-28-38(26-45(3)29(2)39(47)31-11-6-4-7-12-31)50-41(51-40(28)32-19-17-30(27-46)18-20-32)33-13-10-14-35(25-33)44-42(48)43-34-21-23-37(24-22-34)49-36-15-8-5-9-16-36/h4-25,28-29,38-41,46-47H,26-27H2,1-3H3,(H2,43,44,48)/t28-,29+,38+,39+,40+,41+/m0/s1. The molecule has 1 aliphatic rings. The number of aliphatic hydroxyl groups is 2. The van der Waals surface area contributed by atoms with Crippen molar-refractivity contribution in [3.8, 4) is 11.5 Å². The molecule has 0 aliphatic carbocycles. The van der Waals surface area contributed by atoms with Gasteiger partial charge in [-0.1, -0.05) is 91.9 Å². The van der Waals surface area contributed by atoms with E-state index < -0.39 is 18.4 Å². The van der Waals surface area contributed by atoms with Gasteiger partial charge < -0.3 is 35.1 Å². The molecule has 0 bridgehead atoms. The van der Waals surface area contributed by atoms with E-state index in [0.29, 0.717) is 23.7 Å². The summed E-state index contributed by atoms with van der Waals surface area (Å²) in [4.78, 5) is 15.1. The van der Waals surface area contributed by atoms with Crippen molar-refractivity contribution in [3.05, 3.63) is 156 Å². The van der Waals surface area contributed by atoms with E-state index in [1.807, 2.05) is 123 Å². The second-order valence-electron chi connectivity index (χ2n) is 13.0. The van der Waals surface area contributed by atoms with Gasteiger partial charge in [0, 0.05) is 35.4 Å². The van der Waals surface area contributed by atoms with Crippen LogP contribution in [0.2, 0.25) is 0 Å². The number of carbonyl (C=O) groups is 1. The highest BCUT2D eigenvalue weighted by Crippen LogP contribution is 2.42. The van der Waals surface area contributed by atoms with Gasteiger partial charge in [-0.15, -0.1) is 0 Å². The van der Waals surface area contributed by atoms with Crippen LogP contribution in [0.15, 0.2) is 133 Å².